The predicted octanol–water partition coefficient (Wildman–Crippen LogP) is 21.8. The second kappa shape index (κ2) is 53.3. The molecule has 5 aromatic heterocycles. The van der Waals surface area contributed by atoms with Crippen LogP contribution in [0.1, 0.15) is 212 Å². The smallest absolute Gasteiger partial charge is 0.274 e. The van der Waals surface area contributed by atoms with Crippen LogP contribution in [-0.2, 0) is 9.23 Å². The van der Waals surface area contributed by atoms with Gasteiger partial charge in [0.05, 0.1) is 100 Å². The van der Waals surface area contributed by atoms with Crippen molar-refractivity contribution in [2.24, 2.45) is 35.1 Å². The van der Waals surface area contributed by atoms with Crippen molar-refractivity contribution < 1.29 is 46.4 Å². The van der Waals surface area contributed by atoms with Crippen molar-refractivity contribution in [3.05, 3.63) is 347 Å². The topological polar surface area (TPSA) is 356 Å². The summed E-state index contributed by atoms with van der Waals surface area (Å²) in [6.07, 6.45) is 19.1. The Balaban J connectivity index is 0.000000210. The van der Waals surface area contributed by atoms with Gasteiger partial charge in [-0.3, -0.25) is 24.0 Å². The summed E-state index contributed by atoms with van der Waals surface area (Å²) in [5, 5.41) is 44.2. The highest BCUT2D eigenvalue weighted by Crippen LogP contribution is 2.42. The molecule has 5 heterocycles. The number of hydrogen-bond donors (Lipinski definition) is 10. The van der Waals surface area contributed by atoms with Crippen molar-refractivity contribution in [3.63, 3.8) is 0 Å². The van der Waals surface area contributed by atoms with Crippen LogP contribution in [0.2, 0.25) is 0 Å². The minimum atomic E-state index is -1.67. The Morgan fingerprint density at radius 3 is 1.20 bits per heavy atom. The van der Waals surface area contributed by atoms with Gasteiger partial charge in [0.25, 0.3) is 23.3 Å². The molecule has 4 saturated carbocycles. The second-order valence-electron chi connectivity index (χ2n) is 32.3. The molecular weight excluding hydrogens is 1800 g/mol. The number of alkyl halides is 1. The van der Waals surface area contributed by atoms with E-state index in [0.29, 0.717) is 88.1 Å². The summed E-state index contributed by atoms with van der Waals surface area (Å²) < 4.78 is 71.7. The number of carbonyl (C=O) groups excluding carboxylic acids is 3. The van der Waals surface area contributed by atoms with Gasteiger partial charge in [-0.2, -0.15) is 15.3 Å². The van der Waals surface area contributed by atoms with E-state index in [1.54, 1.807) is 183 Å². The van der Waals surface area contributed by atoms with Crippen molar-refractivity contribution in [3.8, 4) is 17.1 Å². The van der Waals surface area contributed by atoms with Gasteiger partial charge in [-0.1, -0.05) is 139 Å². The average Bonchev–Trinajstić information content (AvgIpc) is 1.62. The van der Waals surface area contributed by atoms with Crippen molar-refractivity contribution in [2.75, 3.05) is 47.9 Å². The number of benzene rings is 7. The van der Waals surface area contributed by atoms with Gasteiger partial charge in [-0.15, -0.1) is 11.6 Å². The van der Waals surface area contributed by atoms with E-state index in [1.165, 1.54) is 114 Å². The number of amides is 3. The Kier molecular flexibility index (Phi) is 42.4. The van der Waals surface area contributed by atoms with Gasteiger partial charge in [0.2, 0.25) is 14.8 Å². The summed E-state index contributed by atoms with van der Waals surface area (Å²) in [6.45, 7) is 30.0. The van der Waals surface area contributed by atoms with E-state index in [0.717, 1.165) is 86.6 Å². The molecule has 3 amide bonds. The number of nitrogens with one attached hydrogen (secondary N) is 5. The molecule has 4 atom stereocenters. The lowest BCUT2D eigenvalue weighted by Gasteiger charge is -2.21. The predicted molar refractivity (Wildman–Crippen MR) is 524 cm³/mol. The van der Waals surface area contributed by atoms with Crippen LogP contribution in [0.3, 0.4) is 0 Å². The number of carbonyl (C=O) groups is 3. The summed E-state index contributed by atoms with van der Waals surface area (Å²) >= 11 is 6.52. The van der Waals surface area contributed by atoms with Crippen LogP contribution in [-0.4, -0.2) is 97.2 Å². The molecule has 4 aliphatic rings. The Morgan fingerprint density at radius 2 is 0.843 bits per heavy atom. The third-order valence-electron chi connectivity index (χ3n) is 21.7. The fourth-order valence-electron chi connectivity index (χ4n) is 14.1. The Morgan fingerprint density at radius 1 is 0.485 bits per heavy atom. The molecule has 7 aromatic carbocycles. The van der Waals surface area contributed by atoms with Gasteiger partial charge < -0.3 is 58.2 Å². The number of aryl methyl sites for hydroxylation is 3. The van der Waals surface area contributed by atoms with Crippen LogP contribution < -0.4 is 49.6 Å². The zero-order valence-electron chi connectivity index (χ0n) is 73.1. The standard InChI is InChI=1S/C29H26FN5O2.C24H22ClFN4O.C24H23FN4O2.C12H16FNO.C5H5NO.C4H13N3.2CH4.Cl2OS/c1-19-16-27(35(33-19)23-7-5-6-22(18-23)31-2)29(37)32-25-17-21(12-13-24(25)30)26(14-11-20-9-10-20)34-15-4-3-8-28(34)36;1-15-12-23(30(29-15)19-5-3-4-18(14-19)27-2)24(31)28-22-13-17(9-11-21(22)26)20(25)10-8-16-6-7-16;1-15-12-22(29(28-15)19-5-3-4-18(14-19)26-2)24(31)27-21-13-17(9-10-20(21)25)23(30)11-8-16-6-7-16;13-10-5-4-9(7-11(10)14)12(15)6-3-8-1-2-8;7-5-3-1-2-4-6-5;5-1-3-7-4-2-6;;;1-4(2)3/h3-8,12-13,15-18,20,26H,9-11,14H2,1H3,(H,32,37);3-5,9,11-14,16,20H,6-8,10H2,1H3,(H,28,31);3-5,9-10,12-14,16,23,30H,6-8,11H2,1H3,(H,27,31);4-5,7-8,12,15H,1-3,6,14H2;1-4H,(H,6,7);7H,1-6H2;2*1H4;. The van der Waals surface area contributed by atoms with Gasteiger partial charge in [-0.05, 0) is 233 Å². The first-order chi connectivity index (χ1) is 63.5. The quantitative estimate of drug-likeness (QED) is 0.00499. The van der Waals surface area contributed by atoms with E-state index in [9.17, 15) is 51.7 Å². The highest BCUT2D eigenvalue weighted by Gasteiger charge is 2.30. The molecule has 4 aliphatic carbocycles. The molecule has 0 radical (unpaired) electrons. The molecule has 12 aromatic rings. The maximum atomic E-state index is 14.9. The maximum absolute atomic E-state index is 14.9. The Bertz CT molecular complexity index is 5980. The number of H-pyrrole nitrogens is 1. The number of nitrogen functional groups attached to an aromatic ring is 1. The number of aliphatic hydroxyl groups excluding tert-OH is 2. The zero-order valence-corrected chi connectivity index (χ0v) is 76.2. The zero-order chi connectivity index (χ0) is 94.9. The highest BCUT2D eigenvalue weighted by molar-refractivity contribution is 8.26. The number of halogens is 7. The third kappa shape index (κ3) is 33.8. The normalized spacial score (nSPS) is 13.5. The number of aromatic nitrogens is 8. The second-order valence-corrected chi connectivity index (χ2v) is 35.3. The van der Waals surface area contributed by atoms with Crippen molar-refractivity contribution in [2.45, 2.75) is 162 Å². The molecule has 706 valence electrons. The first kappa shape index (κ1) is 107. The molecule has 0 aliphatic heterocycles. The molecule has 134 heavy (non-hydrogen) atoms. The van der Waals surface area contributed by atoms with E-state index in [4.69, 9.17) is 52.7 Å². The molecule has 16 rings (SSSR count). The van der Waals surface area contributed by atoms with Crippen LogP contribution in [0.25, 0.3) is 31.6 Å². The molecule has 0 bridgehead atoms. The maximum Gasteiger partial charge on any atom is 0.274 e. The molecule has 4 fully saturated rings. The number of aromatic amines is 1. The lowest BCUT2D eigenvalue weighted by molar-refractivity contribution is 0.101. The third-order valence-corrected chi connectivity index (χ3v) is 22.2. The van der Waals surface area contributed by atoms with Crippen molar-refractivity contribution in [1.82, 2.24) is 44.2 Å². The fraction of sp³-hybridized carbons (Fsp3) is 0.330. The molecule has 4 unspecified atom stereocenters. The number of nitrogens with two attached hydrogens (primary N) is 3. The largest absolute Gasteiger partial charge is 0.396 e. The fourth-order valence-corrected chi connectivity index (χ4v) is 14.3. The number of anilines is 4. The molecule has 13 N–H and O–H groups in total. The van der Waals surface area contributed by atoms with Crippen LogP contribution in [0.5, 0.6) is 0 Å². The Labute approximate surface area is 794 Å². The lowest BCUT2D eigenvalue weighted by atomic mass is 9.99. The minimum absolute atomic E-state index is 0. The lowest BCUT2D eigenvalue weighted by Crippen LogP contribution is -2.27. The van der Waals surface area contributed by atoms with Crippen LogP contribution in [0.15, 0.2) is 222 Å². The number of nitrogens with zero attached hydrogens (tertiary/aromatic N) is 10. The van der Waals surface area contributed by atoms with E-state index in [2.05, 4.69) is 77.4 Å². The van der Waals surface area contributed by atoms with E-state index < -0.39 is 62.4 Å². The molecule has 0 saturated heterocycles. The SMILES string of the molecule is C.C.NCCNCCN.Nc1cc(C(O)CCC2CC2)ccc1F.O=S(Cl)Cl.O=c1cccc[nH]1.[C-]#[N+]c1cccc(-n2nc(C)cc2C(=O)Nc2cc(C(CCC3CC3)n3ccccc3=O)ccc2F)c1.[C-]#[N+]c1cccc(-n2nc(C)cc2C(=O)Nc2cc(C(Cl)CCC3CC3)ccc2F)c1.[C-]#[N+]c1cccc(-n2nc(C)cc2C(=O)Nc2cc(C(O)CCC3CC3)ccc2F)c1. The minimum Gasteiger partial charge on any atom is -0.396 e. The summed E-state index contributed by atoms with van der Waals surface area (Å²) in [7, 11) is 7.36. The number of rotatable bonds is 30. The van der Waals surface area contributed by atoms with Crippen LogP contribution >= 0.6 is 33.0 Å². The van der Waals surface area contributed by atoms with Gasteiger partial charge >= 0.3 is 0 Å². The first-order valence-electron chi connectivity index (χ1n) is 43.2. The average molecular weight is 1910 g/mol. The summed E-state index contributed by atoms with van der Waals surface area (Å²) in [6, 6.07) is 52.8. The Hall–Kier alpha value is -12.7. The summed E-state index contributed by atoms with van der Waals surface area (Å²) in [5.74, 6) is -0.717. The molecule has 34 heteroatoms. The number of aliphatic hydroxyl groups is 2. The van der Waals surface area contributed by atoms with Gasteiger partial charge in [0.1, 0.15) is 40.4 Å². The van der Waals surface area contributed by atoms with E-state index in [1.807, 2.05) is 6.07 Å². The van der Waals surface area contributed by atoms with Crippen molar-refractivity contribution in [1.29, 1.82) is 0 Å². The van der Waals surface area contributed by atoms with Crippen LogP contribution in [0, 0.1) is 87.4 Å². The van der Waals surface area contributed by atoms with E-state index in [-0.39, 0.29) is 77.2 Å². The summed E-state index contributed by atoms with van der Waals surface area (Å²) in [5.41, 5.74) is 24.2. The van der Waals surface area contributed by atoms with Gasteiger partial charge in [0, 0.05) is 72.1 Å². The van der Waals surface area contributed by atoms with Gasteiger partial charge in [0.15, 0.2) is 17.1 Å². The summed E-state index contributed by atoms with van der Waals surface area (Å²) in [4.78, 5) is 74.9. The van der Waals surface area contributed by atoms with E-state index >= 15 is 0 Å². The molecule has 0 spiro atoms. The first-order valence-corrected chi connectivity index (χ1v) is 46.4. The molecule has 26 nitrogen and oxygen atoms in total. The number of pyridine rings is 2. The van der Waals surface area contributed by atoms with Crippen LogP contribution in [0.4, 0.5) is 57.4 Å². The highest BCUT2D eigenvalue weighted by atomic mass is 36.0. The van der Waals surface area contributed by atoms with Gasteiger partial charge in [-0.25, -0.2) is 50.4 Å². The molecular formula is C100H113Cl3F4N18O8S. The van der Waals surface area contributed by atoms with Crippen molar-refractivity contribution >= 4 is 99.7 Å². The number of hydrogen-bond acceptors (Lipinski definition) is 15. The monoisotopic (exact) mass is 1910 g/mol.